The highest BCUT2D eigenvalue weighted by molar-refractivity contribution is 5.81. The third-order valence-corrected chi connectivity index (χ3v) is 1.85. The Hall–Kier alpha value is -2.15. The van der Waals surface area contributed by atoms with Crippen molar-refractivity contribution < 1.29 is 9.59 Å². The van der Waals surface area contributed by atoms with Crippen LogP contribution in [0, 0.1) is 11.3 Å². The van der Waals surface area contributed by atoms with E-state index in [0.717, 1.165) is 0 Å². The lowest BCUT2D eigenvalue weighted by atomic mass is 10.1. The van der Waals surface area contributed by atoms with Crippen LogP contribution in [0.25, 0.3) is 0 Å². The molecule has 0 fully saturated rings. The Balaban J connectivity index is 2.70. The number of nitrogens with zero attached hydrogens (tertiary/aromatic N) is 1. The molecule has 4 nitrogen and oxygen atoms in total. The van der Waals surface area contributed by atoms with E-state index in [9.17, 15) is 9.59 Å². The van der Waals surface area contributed by atoms with Gasteiger partial charge in [0.05, 0.1) is 6.07 Å². The molecule has 0 spiro atoms. The van der Waals surface area contributed by atoms with Gasteiger partial charge in [0.15, 0.2) is 0 Å². The molecule has 1 rings (SSSR count). The normalized spacial score (nSPS) is 11.1. The van der Waals surface area contributed by atoms with Crippen molar-refractivity contribution in [1.82, 2.24) is 5.32 Å². The van der Waals surface area contributed by atoms with Gasteiger partial charge in [-0.1, -0.05) is 30.3 Å². The Morgan fingerprint density at radius 1 is 1.47 bits per heavy atom. The fourth-order valence-corrected chi connectivity index (χ4v) is 1.15. The standard InChI is InChI=1S/C11H10N2O2/c12-7-6-11(15)13-10(8-14)9-4-2-1-3-5-9/h1-5,8,10H,6H2,(H,13,15). The van der Waals surface area contributed by atoms with Gasteiger partial charge in [0.2, 0.25) is 5.91 Å². The lowest BCUT2D eigenvalue weighted by Crippen LogP contribution is -2.28. The maximum absolute atomic E-state index is 11.1. The molecule has 0 aliphatic heterocycles. The molecule has 0 heterocycles. The summed E-state index contributed by atoms with van der Waals surface area (Å²) in [5, 5.41) is 10.7. The summed E-state index contributed by atoms with van der Waals surface area (Å²) in [6, 6.07) is 9.91. The number of hydrogen-bond donors (Lipinski definition) is 1. The number of carbonyl (C=O) groups excluding carboxylic acids is 2. The highest BCUT2D eigenvalue weighted by Gasteiger charge is 2.12. The number of aldehydes is 1. The maximum atomic E-state index is 11.1. The van der Waals surface area contributed by atoms with Crippen LogP contribution in [0.3, 0.4) is 0 Å². The summed E-state index contributed by atoms with van der Waals surface area (Å²) >= 11 is 0. The van der Waals surface area contributed by atoms with Crippen molar-refractivity contribution in [2.75, 3.05) is 0 Å². The molecule has 0 radical (unpaired) electrons. The van der Waals surface area contributed by atoms with Crippen LogP contribution in [-0.2, 0) is 9.59 Å². The Morgan fingerprint density at radius 2 is 2.13 bits per heavy atom. The molecule has 1 aromatic rings. The van der Waals surface area contributed by atoms with Crippen molar-refractivity contribution in [2.45, 2.75) is 12.5 Å². The zero-order valence-corrected chi connectivity index (χ0v) is 8.01. The van der Waals surface area contributed by atoms with E-state index in [1.54, 1.807) is 30.3 Å². The quantitative estimate of drug-likeness (QED) is 0.739. The molecule has 0 saturated carbocycles. The van der Waals surface area contributed by atoms with E-state index >= 15 is 0 Å². The van der Waals surface area contributed by atoms with E-state index in [4.69, 9.17) is 5.26 Å². The second-order valence-corrected chi connectivity index (χ2v) is 2.93. The minimum Gasteiger partial charge on any atom is -0.342 e. The monoisotopic (exact) mass is 202 g/mol. The van der Waals surface area contributed by atoms with Gasteiger partial charge in [0, 0.05) is 0 Å². The minimum atomic E-state index is -0.674. The number of nitriles is 1. The van der Waals surface area contributed by atoms with Crippen LogP contribution in [0.4, 0.5) is 0 Å². The molecular weight excluding hydrogens is 192 g/mol. The summed E-state index contributed by atoms with van der Waals surface area (Å²) in [7, 11) is 0. The van der Waals surface area contributed by atoms with Crippen LogP contribution in [-0.4, -0.2) is 12.2 Å². The van der Waals surface area contributed by atoms with E-state index in [0.29, 0.717) is 11.8 Å². The first-order valence-corrected chi connectivity index (χ1v) is 4.44. The largest absolute Gasteiger partial charge is 0.342 e. The number of carbonyl (C=O) groups is 2. The molecule has 76 valence electrons. The van der Waals surface area contributed by atoms with Gasteiger partial charge in [0.25, 0.3) is 0 Å². The van der Waals surface area contributed by atoms with Crippen LogP contribution in [0.1, 0.15) is 18.0 Å². The third-order valence-electron chi connectivity index (χ3n) is 1.85. The van der Waals surface area contributed by atoms with E-state index in [1.165, 1.54) is 0 Å². The van der Waals surface area contributed by atoms with Crippen LogP contribution < -0.4 is 5.32 Å². The first-order chi connectivity index (χ1) is 7.27. The second-order valence-electron chi connectivity index (χ2n) is 2.93. The summed E-state index contributed by atoms with van der Waals surface area (Å²) < 4.78 is 0. The van der Waals surface area contributed by atoms with Crippen LogP contribution in [0.15, 0.2) is 30.3 Å². The number of hydrogen-bond acceptors (Lipinski definition) is 3. The molecule has 1 aromatic carbocycles. The molecule has 15 heavy (non-hydrogen) atoms. The van der Waals surface area contributed by atoms with Crippen LogP contribution in [0.2, 0.25) is 0 Å². The van der Waals surface area contributed by atoms with E-state index in [2.05, 4.69) is 5.32 Å². The number of benzene rings is 1. The van der Waals surface area contributed by atoms with E-state index in [1.807, 2.05) is 6.07 Å². The van der Waals surface area contributed by atoms with Gasteiger partial charge in [-0.05, 0) is 5.56 Å². The van der Waals surface area contributed by atoms with Gasteiger partial charge in [-0.2, -0.15) is 5.26 Å². The van der Waals surface area contributed by atoms with Gasteiger partial charge >= 0.3 is 0 Å². The molecule has 1 amide bonds. The highest BCUT2D eigenvalue weighted by Crippen LogP contribution is 2.09. The van der Waals surface area contributed by atoms with Crippen molar-refractivity contribution in [3.8, 4) is 6.07 Å². The predicted octanol–water partition coefficient (Wildman–Crippen LogP) is 0.956. The van der Waals surface area contributed by atoms with E-state index in [-0.39, 0.29) is 6.42 Å². The number of nitrogens with one attached hydrogen (secondary N) is 1. The van der Waals surface area contributed by atoms with Crippen molar-refractivity contribution >= 4 is 12.2 Å². The van der Waals surface area contributed by atoms with Gasteiger partial charge in [0.1, 0.15) is 18.7 Å². The molecule has 0 bridgehead atoms. The fourth-order valence-electron chi connectivity index (χ4n) is 1.15. The zero-order valence-electron chi connectivity index (χ0n) is 8.01. The molecular formula is C11H10N2O2. The highest BCUT2D eigenvalue weighted by atomic mass is 16.2. The Bertz CT molecular complexity index is 381. The summed E-state index contributed by atoms with van der Waals surface area (Å²) in [6.07, 6.45) is 0.405. The first-order valence-electron chi connectivity index (χ1n) is 4.44. The average molecular weight is 202 g/mol. The topological polar surface area (TPSA) is 70.0 Å². The van der Waals surface area contributed by atoms with E-state index < -0.39 is 11.9 Å². The second kappa shape index (κ2) is 5.55. The molecule has 4 heteroatoms. The average Bonchev–Trinajstić information content (AvgIpc) is 2.27. The lowest BCUT2D eigenvalue weighted by Gasteiger charge is -2.11. The first kappa shape index (κ1) is 10.9. The predicted molar refractivity (Wildman–Crippen MR) is 53.6 cm³/mol. The summed E-state index contributed by atoms with van der Waals surface area (Å²) in [5.74, 6) is -0.446. The minimum absolute atomic E-state index is 0.239. The van der Waals surface area contributed by atoms with Gasteiger partial charge in [-0.25, -0.2) is 0 Å². The zero-order chi connectivity index (χ0) is 11.1. The van der Waals surface area contributed by atoms with Gasteiger partial charge < -0.3 is 10.1 Å². The Kier molecular flexibility index (Phi) is 4.05. The fraction of sp³-hybridized carbons (Fsp3) is 0.182. The molecule has 1 unspecified atom stereocenters. The summed E-state index contributed by atoms with van der Waals surface area (Å²) in [4.78, 5) is 21.8. The van der Waals surface area contributed by atoms with Crippen LogP contribution >= 0.6 is 0 Å². The Morgan fingerprint density at radius 3 is 2.67 bits per heavy atom. The molecule has 1 N–H and O–H groups in total. The smallest absolute Gasteiger partial charge is 0.235 e. The van der Waals surface area contributed by atoms with Crippen molar-refractivity contribution in [2.24, 2.45) is 0 Å². The van der Waals surface area contributed by atoms with Gasteiger partial charge in [-0.15, -0.1) is 0 Å². The number of rotatable bonds is 4. The van der Waals surface area contributed by atoms with Crippen LogP contribution in [0.5, 0.6) is 0 Å². The Labute approximate surface area is 87.5 Å². The third kappa shape index (κ3) is 3.24. The molecule has 0 aliphatic rings. The summed E-state index contributed by atoms with van der Waals surface area (Å²) in [6.45, 7) is 0. The van der Waals surface area contributed by atoms with Gasteiger partial charge in [-0.3, -0.25) is 4.79 Å². The number of amides is 1. The molecule has 1 atom stereocenters. The SMILES string of the molecule is N#CCC(=O)NC(C=O)c1ccccc1. The maximum Gasteiger partial charge on any atom is 0.235 e. The molecule has 0 aromatic heterocycles. The van der Waals surface area contributed by atoms with Crippen molar-refractivity contribution in [1.29, 1.82) is 5.26 Å². The molecule has 0 saturated heterocycles. The van der Waals surface area contributed by atoms with Crippen molar-refractivity contribution in [3.05, 3.63) is 35.9 Å². The molecule has 0 aliphatic carbocycles. The van der Waals surface area contributed by atoms with Crippen molar-refractivity contribution in [3.63, 3.8) is 0 Å². The lowest BCUT2D eigenvalue weighted by molar-refractivity contribution is -0.123. The summed E-state index contributed by atoms with van der Waals surface area (Å²) in [5.41, 5.74) is 0.707.